The second kappa shape index (κ2) is 6.84. The van der Waals surface area contributed by atoms with Gasteiger partial charge in [-0.2, -0.15) is 0 Å². The van der Waals surface area contributed by atoms with Gasteiger partial charge in [-0.25, -0.2) is 0 Å². The van der Waals surface area contributed by atoms with E-state index >= 15 is 0 Å². The van der Waals surface area contributed by atoms with Gasteiger partial charge in [0.15, 0.2) is 5.75 Å². The number of aryl methyl sites for hydroxylation is 1. The Labute approximate surface area is 137 Å². The van der Waals surface area contributed by atoms with Crippen molar-refractivity contribution in [2.24, 2.45) is 0 Å². The average Bonchev–Trinajstić information content (AvgIpc) is 2.77. The van der Waals surface area contributed by atoms with Crippen LogP contribution in [0.25, 0.3) is 0 Å². The number of nitro benzene ring substituents is 1. The Morgan fingerprint density at radius 3 is 2.52 bits per heavy atom. The summed E-state index contributed by atoms with van der Waals surface area (Å²) >= 11 is 0. The summed E-state index contributed by atoms with van der Waals surface area (Å²) in [5.41, 5.74) is 2.34. The van der Waals surface area contributed by atoms with E-state index in [1.54, 1.807) is 6.07 Å². The maximum absolute atomic E-state index is 11.2. The van der Waals surface area contributed by atoms with Crippen LogP contribution in [0.5, 0.6) is 5.75 Å². The van der Waals surface area contributed by atoms with E-state index in [2.05, 4.69) is 16.8 Å². The van der Waals surface area contributed by atoms with Crippen LogP contribution in [0.3, 0.4) is 0 Å². The summed E-state index contributed by atoms with van der Waals surface area (Å²) < 4.78 is 5.39. The first-order valence-electron chi connectivity index (χ1n) is 8.36. The van der Waals surface area contributed by atoms with Crippen molar-refractivity contribution in [3.8, 4) is 5.75 Å². The smallest absolute Gasteiger partial charge is 0.311 e. The van der Waals surface area contributed by atoms with Gasteiger partial charge in [-0.05, 0) is 38.3 Å². The van der Waals surface area contributed by atoms with Crippen molar-refractivity contribution in [2.75, 3.05) is 40.3 Å². The lowest BCUT2D eigenvalue weighted by Gasteiger charge is -2.37. The molecule has 1 aromatic rings. The van der Waals surface area contributed by atoms with Gasteiger partial charge in [-0.15, -0.1) is 0 Å². The van der Waals surface area contributed by atoms with Crippen LogP contribution in [-0.4, -0.2) is 61.1 Å². The summed E-state index contributed by atoms with van der Waals surface area (Å²) in [5.74, 6) is 0.464. The molecule has 1 unspecified atom stereocenters. The quantitative estimate of drug-likeness (QED) is 0.485. The van der Waals surface area contributed by atoms with E-state index < -0.39 is 0 Å². The monoisotopic (exact) mass is 319 g/mol. The number of nitrogens with zero attached hydrogens (tertiary/aromatic N) is 3. The number of nitro groups is 1. The highest BCUT2D eigenvalue weighted by molar-refractivity contribution is 5.55. The molecule has 0 N–H and O–H groups in total. The van der Waals surface area contributed by atoms with Gasteiger partial charge in [0.1, 0.15) is 0 Å². The Kier molecular flexibility index (Phi) is 4.82. The molecule has 3 rings (SSSR count). The van der Waals surface area contributed by atoms with Crippen LogP contribution in [0.15, 0.2) is 12.1 Å². The van der Waals surface area contributed by atoms with Crippen LogP contribution in [0.4, 0.5) is 5.69 Å². The van der Waals surface area contributed by atoms with E-state index in [9.17, 15) is 10.1 Å². The highest BCUT2D eigenvalue weighted by atomic mass is 16.6. The van der Waals surface area contributed by atoms with Crippen molar-refractivity contribution in [2.45, 2.75) is 31.7 Å². The Morgan fingerprint density at radius 2 is 1.87 bits per heavy atom. The van der Waals surface area contributed by atoms with Gasteiger partial charge < -0.3 is 9.64 Å². The first-order chi connectivity index (χ1) is 11.1. The lowest BCUT2D eigenvalue weighted by atomic mass is 10.0. The number of benzene rings is 1. The molecule has 0 spiro atoms. The molecule has 1 aliphatic carbocycles. The fourth-order valence-corrected chi connectivity index (χ4v) is 3.87. The maximum Gasteiger partial charge on any atom is 0.311 e. The van der Waals surface area contributed by atoms with Gasteiger partial charge in [0, 0.05) is 43.9 Å². The molecule has 0 saturated carbocycles. The normalized spacial score (nSPS) is 23.1. The third-order valence-corrected chi connectivity index (χ3v) is 5.27. The molecule has 6 nitrogen and oxygen atoms in total. The standard InChI is InChI=1S/C17H25N3O3/c1-18-9-11-19(12-10-18)14-5-3-13-4-8-16(20(21)22)17(23-2)15(13)7-6-14/h4,8,14H,3,5-7,9-12H2,1-2H3. The Hall–Kier alpha value is -1.66. The van der Waals surface area contributed by atoms with E-state index in [-0.39, 0.29) is 10.6 Å². The predicted octanol–water partition coefficient (Wildman–Crippen LogP) is 2.10. The van der Waals surface area contributed by atoms with Gasteiger partial charge in [0.2, 0.25) is 0 Å². The number of hydrogen-bond acceptors (Lipinski definition) is 5. The van der Waals surface area contributed by atoms with Gasteiger partial charge in [-0.3, -0.25) is 15.0 Å². The number of piperazine rings is 1. The van der Waals surface area contributed by atoms with Crippen LogP contribution in [0, 0.1) is 10.1 Å². The molecular formula is C17H25N3O3. The molecule has 1 aromatic carbocycles. The molecule has 1 heterocycles. The molecule has 23 heavy (non-hydrogen) atoms. The largest absolute Gasteiger partial charge is 0.490 e. The number of rotatable bonds is 3. The Morgan fingerprint density at radius 1 is 1.17 bits per heavy atom. The molecule has 0 bridgehead atoms. The van der Waals surface area contributed by atoms with Crippen LogP contribution in [0.1, 0.15) is 24.0 Å². The zero-order valence-electron chi connectivity index (χ0n) is 14.0. The highest BCUT2D eigenvalue weighted by Gasteiger charge is 2.28. The fourth-order valence-electron chi connectivity index (χ4n) is 3.87. The van der Waals surface area contributed by atoms with Crippen molar-refractivity contribution >= 4 is 5.69 Å². The fraction of sp³-hybridized carbons (Fsp3) is 0.647. The maximum atomic E-state index is 11.2. The average molecular weight is 319 g/mol. The predicted molar refractivity (Wildman–Crippen MR) is 89.1 cm³/mol. The number of hydrogen-bond donors (Lipinski definition) is 0. The molecule has 0 aromatic heterocycles. The first-order valence-corrected chi connectivity index (χ1v) is 8.36. The summed E-state index contributed by atoms with van der Waals surface area (Å²) in [5, 5.41) is 11.2. The lowest BCUT2D eigenvalue weighted by Crippen LogP contribution is -2.49. The summed E-state index contributed by atoms with van der Waals surface area (Å²) in [6.45, 7) is 4.49. The van der Waals surface area contributed by atoms with Crippen molar-refractivity contribution < 1.29 is 9.66 Å². The van der Waals surface area contributed by atoms with Crippen molar-refractivity contribution in [3.05, 3.63) is 33.4 Å². The summed E-state index contributed by atoms with van der Waals surface area (Å²) in [6, 6.07) is 4.08. The zero-order valence-corrected chi connectivity index (χ0v) is 14.0. The third-order valence-electron chi connectivity index (χ3n) is 5.27. The van der Waals surface area contributed by atoms with Gasteiger partial charge >= 0.3 is 5.69 Å². The van der Waals surface area contributed by atoms with Crippen LogP contribution in [0.2, 0.25) is 0 Å². The Bertz CT molecular complexity index is 583. The second-order valence-electron chi connectivity index (χ2n) is 6.58. The first kappa shape index (κ1) is 16.2. The number of fused-ring (bicyclic) bond motifs is 1. The molecule has 1 aliphatic heterocycles. The van der Waals surface area contributed by atoms with E-state index in [0.29, 0.717) is 11.8 Å². The highest BCUT2D eigenvalue weighted by Crippen LogP contribution is 2.37. The minimum atomic E-state index is -0.345. The summed E-state index contributed by atoms with van der Waals surface area (Å²) in [6.07, 6.45) is 4.00. The zero-order chi connectivity index (χ0) is 16.4. The van der Waals surface area contributed by atoms with Gasteiger partial charge in [0.25, 0.3) is 0 Å². The van der Waals surface area contributed by atoms with Gasteiger partial charge in [0.05, 0.1) is 12.0 Å². The molecular weight excluding hydrogens is 294 g/mol. The molecule has 0 amide bonds. The van der Waals surface area contributed by atoms with Crippen molar-refractivity contribution in [3.63, 3.8) is 0 Å². The minimum Gasteiger partial charge on any atom is -0.490 e. The molecule has 2 aliphatic rings. The molecule has 1 saturated heterocycles. The van der Waals surface area contributed by atoms with Crippen LogP contribution in [-0.2, 0) is 12.8 Å². The number of likely N-dealkylation sites (N-methyl/N-ethyl adjacent to an activating group) is 1. The van der Waals surface area contributed by atoms with Gasteiger partial charge in [-0.1, -0.05) is 6.07 Å². The molecule has 1 fully saturated rings. The van der Waals surface area contributed by atoms with E-state index in [4.69, 9.17) is 4.74 Å². The lowest BCUT2D eigenvalue weighted by molar-refractivity contribution is -0.385. The molecule has 1 atom stereocenters. The Balaban J connectivity index is 1.78. The van der Waals surface area contributed by atoms with E-state index in [1.807, 2.05) is 6.07 Å². The number of methoxy groups -OCH3 is 1. The van der Waals surface area contributed by atoms with E-state index in [0.717, 1.165) is 57.4 Å². The van der Waals surface area contributed by atoms with Crippen molar-refractivity contribution in [1.29, 1.82) is 0 Å². The third kappa shape index (κ3) is 3.33. The minimum absolute atomic E-state index is 0.0873. The number of ether oxygens (including phenoxy) is 1. The van der Waals surface area contributed by atoms with E-state index in [1.165, 1.54) is 12.7 Å². The SMILES string of the molecule is COc1c([N+](=O)[O-])ccc2c1CCC(N1CCN(C)CC1)CC2. The van der Waals surface area contributed by atoms with Crippen LogP contribution >= 0.6 is 0 Å². The summed E-state index contributed by atoms with van der Waals surface area (Å²) in [7, 11) is 3.70. The topological polar surface area (TPSA) is 58.9 Å². The summed E-state index contributed by atoms with van der Waals surface area (Å²) in [4.78, 5) is 15.8. The second-order valence-corrected chi connectivity index (χ2v) is 6.58. The molecule has 6 heteroatoms. The van der Waals surface area contributed by atoms with Crippen LogP contribution < -0.4 is 4.74 Å². The molecule has 126 valence electrons. The van der Waals surface area contributed by atoms with Crippen molar-refractivity contribution in [1.82, 2.24) is 9.80 Å². The molecule has 0 radical (unpaired) electrons.